The van der Waals surface area contributed by atoms with Gasteiger partial charge in [-0.3, -0.25) is 24.1 Å². The van der Waals surface area contributed by atoms with Crippen LogP contribution in [0.5, 0.6) is 0 Å². The number of rotatable bonds is 12. The molecule has 0 spiro atoms. The third kappa shape index (κ3) is 11.1. The Morgan fingerprint density at radius 3 is 2.14 bits per heavy atom. The first-order valence-electron chi connectivity index (χ1n) is 14.0. The van der Waals surface area contributed by atoms with Crippen molar-refractivity contribution in [2.24, 2.45) is 11.8 Å². The highest BCUT2D eigenvalue weighted by atomic mass is 16.5. The molecule has 214 valence electrons. The lowest BCUT2D eigenvalue weighted by Gasteiger charge is -2.34. The van der Waals surface area contributed by atoms with E-state index >= 15 is 0 Å². The van der Waals surface area contributed by atoms with Gasteiger partial charge in [-0.25, -0.2) is 0 Å². The second-order valence-electron chi connectivity index (χ2n) is 11.7. The molecule has 0 aromatic carbocycles. The Morgan fingerprint density at radius 1 is 1.00 bits per heavy atom. The number of nitrogens with one attached hydrogen (secondary N) is 1. The Bertz CT molecular complexity index is 773. The molecule has 2 fully saturated rings. The van der Waals surface area contributed by atoms with Crippen molar-refractivity contribution in [3.05, 3.63) is 0 Å². The van der Waals surface area contributed by atoms with Crippen molar-refractivity contribution in [1.82, 2.24) is 20.0 Å². The summed E-state index contributed by atoms with van der Waals surface area (Å²) >= 11 is 0. The van der Waals surface area contributed by atoms with Crippen molar-refractivity contribution in [1.29, 1.82) is 0 Å². The molecule has 2 rings (SSSR count). The maximum Gasteiger partial charge on any atom is 0.233 e. The Balaban J connectivity index is 0.00000334. The number of likely N-dealkylation sites (tertiary alicyclic amines) is 1. The first-order chi connectivity index (χ1) is 17.2. The molecule has 0 aromatic heterocycles. The Kier molecular flexibility index (Phi) is 13.2. The summed E-state index contributed by atoms with van der Waals surface area (Å²) in [7, 11) is 2.07. The van der Waals surface area contributed by atoms with Crippen LogP contribution in [0.15, 0.2) is 0 Å². The summed E-state index contributed by atoms with van der Waals surface area (Å²) in [6, 6.07) is 0. The van der Waals surface area contributed by atoms with Crippen LogP contribution in [0.1, 0.15) is 87.5 Å². The first-order valence-corrected chi connectivity index (χ1v) is 14.0. The van der Waals surface area contributed by atoms with Gasteiger partial charge in [-0.05, 0) is 53.5 Å². The lowest BCUT2D eigenvalue weighted by molar-refractivity contribution is -0.140. The lowest BCUT2D eigenvalue weighted by Crippen LogP contribution is -2.47. The van der Waals surface area contributed by atoms with Crippen LogP contribution in [-0.2, 0) is 23.9 Å². The van der Waals surface area contributed by atoms with E-state index in [4.69, 9.17) is 4.74 Å². The summed E-state index contributed by atoms with van der Waals surface area (Å²) in [6.45, 7) is 19.7. The average Bonchev–Trinajstić information content (AvgIpc) is 3.10. The van der Waals surface area contributed by atoms with E-state index in [2.05, 4.69) is 17.3 Å². The molecule has 9 nitrogen and oxygen atoms in total. The number of imide groups is 1. The fraction of sp³-hybridized carbons (Fsp3) is 0.857. The van der Waals surface area contributed by atoms with Gasteiger partial charge in [-0.2, -0.15) is 0 Å². The maximum absolute atomic E-state index is 12.5. The topological polar surface area (TPSA) is 99.3 Å². The molecule has 0 aromatic rings. The van der Waals surface area contributed by atoms with Gasteiger partial charge < -0.3 is 19.9 Å². The first kappa shape index (κ1) is 33.0. The van der Waals surface area contributed by atoms with Crippen LogP contribution in [0.25, 0.3) is 0 Å². The number of amides is 4. The van der Waals surface area contributed by atoms with Crippen molar-refractivity contribution in [3.8, 4) is 0 Å². The average molecular weight is 525 g/mol. The summed E-state index contributed by atoms with van der Waals surface area (Å²) in [6.07, 6.45) is 2.03. The molecule has 1 atom stereocenters. The highest BCUT2D eigenvalue weighted by molar-refractivity contribution is 6.03. The number of likely N-dealkylation sites (N-methyl/N-ethyl adjacent to an activating group) is 1. The van der Waals surface area contributed by atoms with Crippen LogP contribution in [-0.4, -0.2) is 95.8 Å². The Morgan fingerprint density at radius 2 is 1.59 bits per heavy atom. The smallest absolute Gasteiger partial charge is 0.233 e. The van der Waals surface area contributed by atoms with Gasteiger partial charge in [0.1, 0.15) is 0 Å². The number of carbonyl (C=O) groups excluding carboxylic acids is 4. The third-order valence-electron chi connectivity index (χ3n) is 7.14. The van der Waals surface area contributed by atoms with E-state index in [-0.39, 0.29) is 54.9 Å². The molecule has 2 aliphatic rings. The van der Waals surface area contributed by atoms with Gasteiger partial charge in [0.05, 0.1) is 5.60 Å². The van der Waals surface area contributed by atoms with Crippen LogP contribution in [0.3, 0.4) is 0 Å². The molecule has 1 N–H and O–H groups in total. The minimum absolute atomic E-state index is 0.0898. The van der Waals surface area contributed by atoms with Crippen molar-refractivity contribution >= 4 is 23.6 Å². The summed E-state index contributed by atoms with van der Waals surface area (Å²) < 4.78 is 6.08. The zero-order valence-corrected chi connectivity index (χ0v) is 24.8. The van der Waals surface area contributed by atoms with Gasteiger partial charge in [-0.15, -0.1) is 0 Å². The number of hydrogen-bond acceptors (Lipinski definition) is 6. The van der Waals surface area contributed by atoms with Crippen LogP contribution >= 0.6 is 0 Å². The quantitative estimate of drug-likeness (QED) is 0.394. The molecule has 0 radical (unpaired) electrons. The zero-order chi connectivity index (χ0) is 28.4. The molecule has 1 unspecified atom stereocenters. The number of carbonyl (C=O) groups is 4. The second-order valence-corrected chi connectivity index (χ2v) is 11.7. The SMILES string of the molecule is CC.CC(C)C1CC(=O)N(CCC(=O)NC(C)(C)CCOC(C)(C)CCC(=O)N2CCN(C)CC2)C1=O. The maximum atomic E-state index is 12.5. The minimum Gasteiger partial charge on any atom is -0.375 e. The van der Waals surface area contributed by atoms with Crippen LogP contribution in [0.2, 0.25) is 0 Å². The molecular formula is C28H52N4O5. The van der Waals surface area contributed by atoms with E-state index in [1.54, 1.807) is 0 Å². The van der Waals surface area contributed by atoms with Crippen LogP contribution in [0, 0.1) is 11.8 Å². The molecular weight excluding hydrogens is 472 g/mol. The predicted octanol–water partition coefficient (Wildman–Crippen LogP) is 3.07. The summed E-state index contributed by atoms with van der Waals surface area (Å²) in [4.78, 5) is 55.0. The number of nitrogens with zero attached hydrogens (tertiary/aromatic N) is 3. The van der Waals surface area contributed by atoms with E-state index < -0.39 is 11.1 Å². The van der Waals surface area contributed by atoms with E-state index in [0.29, 0.717) is 25.9 Å². The normalized spacial score (nSPS) is 19.2. The van der Waals surface area contributed by atoms with Crippen molar-refractivity contribution in [2.75, 3.05) is 46.4 Å². The molecule has 2 aliphatic heterocycles. The molecule has 4 amide bonds. The standard InChI is InChI=1S/C26H46N4O5.C2H6/c1-19(2)20-18-23(33)30(24(20)34)12-9-21(31)27-25(3,4)11-17-35-26(5,6)10-8-22(32)29-15-13-28(7)14-16-29;1-2/h19-20H,8-18H2,1-7H3,(H,27,31);1-2H3. The summed E-state index contributed by atoms with van der Waals surface area (Å²) in [5.74, 6) is -0.545. The van der Waals surface area contributed by atoms with E-state index in [1.807, 2.05) is 60.3 Å². The van der Waals surface area contributed by atoms with Gasteiger partial charge in [-0.1, -0.05) is 27.7 Å². The molecule has 0 bridgehead atoms. The Hall–Kier alpha value is -2.00. The van der Waals surface area contributed by atoms with E-state index in [9.17, 15) is 19.2 Å². The minimum atomic E-state index is -0.498. The highest BCUT2D eigenvalue weighted by Gasteiger charge is 2.40. The summed E-state index contributed by atoms with van der Waals surface area (Å²) in [5, 5.41) is 2.99. The summed E-state index contributed by atoms with van der Waals surface area (Å²) in [5.41, 5.74) is -0.936. The number of piperazine rings is 1. The predicted molar refractivity (Wildman–Crippen MR) is 146 cm³/mol. The van der Waals surface area contributed by atoms with E-state index in [0.717, 1.165) is 26.2 Å². The van der Waals surface area contributed by atoms with Crippen molar-refractivity contribution < 1.29 is 23.9 Å². The molecule has 2 saturated heterocycles. The molecule has 0 aliphatic carbocycles. The Labute approximate surface area is 224 Å². The second kappa shape index (κ2) is 14.8. The molecule has 9 heteroatoms. The van der Waals surface area contributed by atoms with Crippen LogP contribution in [0.4, 0.5) is 0 Å². The molecule has 0 saturated carbocycles. The van der Waals surface area contributed by atoms with Crippen molar-refractivity contribution in [3.63, 3.8) is 0 Å². The zero-order valence-electron chi connectivity index (χ0n) is 24.8. The number of ether oxygens (including phenoxy) is 1. The van der Waals surface area contributed by atoms with Gasteiger partial charge in [0.15, 0.2) is 0 Å². The van der Waals surface area contributed by atoms with Gasteiger partial charge >= 0.3 is 0 Å². The fourth-order valence-electron chi connectivity index (χ4n) is 4.46. The largest absolute Gasteiger partial charge is 0.375 e. The third-order valence-corrected chi connectivity index (χ3v) is 7.14. The molecule has 2 heterocycles. The van der Waals surface area contributed by atoms with Gasteiger partial charge in [0, 0.05) is 70.0 Å². The monoisotopic (exact) mass is 524 g/mol. The van der Waals surface area contributed by atoms with Gasteiger partial charge in [0.2, 0.25) is 23.6 Å². The lowest BCUT2D eigenvalue weighted by atomic mass is 9.94. The number of hydrogen-bond donors (Lipinski definition) is 1. The fourth-order valence-corrected chi connectivity index (χ4v) is 4.46. The van der Waals surface area contributed by atoms with Gasteiger partial charge in [0.25, 0.3) is 0 Å². The van der Waals surface area contributed by atoms with E-state index in [1.165, 1.54) is 4.90 Å². The highest BCUT2D eigenvalue weighted by Crippen LogP contribution is 2.26. The van der Waals surface area contributed by atoms with Crippen LogP contribution < -0.4 is 5.32 Å². The molecule has 37 heavy (non-hydrogen) atoms. The van der Waals surface area contributed by atoms with Crippen molar-refractivity contribution in [2.45, 2.75) is 98.6 Å².